The Kier molecular flexibility index (Phi) is 3.54. The summed E-state index contributed by atoms with van der Waals surface area (Å²) in [6.07, 6.45) is 0. The molecule has 0 unspecified atom stereocenters. The lowest BCUT2D eigenvalue weighted by atomic mass is 10.4. The summed E-state index contributed by atoms with van der Waals surface area (Å²) in [5.74, 6) is -0.517. The predicted molar refractivity (Wildman–Crippen MR) is 30.9 cm³/mol. The van der Waals surface area contributed by atoms with Gasteiger partial charge in [-0.05, 0) is 0 Å². The average Bonchev–Trinajstić information content (AvgIpc) is 1.90. The van der Waals surface area contributed by atoms with E-state index in [1.807, 2.05) is 0 Å². The Morgan fingerprint density at radius 3 is 2.80 bits per heavy atom. The molecular formula is C5H5N3O2. The fourth-order valence-corrected chi connectivity index (χ4v) is 0.253. The van der Waals surface area contributed by atoms with Crippen molar-refractivity contribution in [3.63, 3.8) is 0 Å². The molecule has 0 atom stereocenters. The second kappa shape index (κ2) is 4.24. The molecular weight excluding hydrogens is 134 g/mol. The number of hydrogen-bond acceptors (Lipinski definition) is 3. The summed E-state index contributed by atoms with van der Waals surface area (Å²) in [7, 11) is 0. The van der Waals surface area contributed by atoms with E-state index in [-0.39, 0.29) is 12.3 Å². The Labute approximate surface area is 57.4 Å². The standard InChI is InChI=1S/C5H5N3O2/c1-4(9)10-3-5(2-6)8-7/h3H2,1H3. The van der Waals surface area contributed by atoms with Gasteiger partial charge in [0.1, 0.15) is 0 Å². The smallest absolute Gasteiger partial charge is 0.404 e. The molecule has 0 spiro atoms. The second-order valence-corrected chi connectivity index (χ2v) is 1.44. The molecule has 0 heterocycles. The van der Waals surface area contributed by atoms with Gasteiger partial charge in [0.05, 0.1) is 0 Å². The van der Waals surface area contributed by atoms with E-state index in [2.05, 4.69) is 9.53 Å². The normalized spacial score (nSPS) is 7.20. The maximum absolute atomic E-state index is 10.1. The highest BCUT2D eigenvalue weighted by molar-refractivity contribution is 5.95. The minimum Gasteiger partial charge on any atom is -0.452 e. The van der Waals surface area contributed by atoms with Crippen LogP contribution in [0.5, 0.6) is 0 Å². The van der Waals surface area contributed by atoms with Gasteiger partial charge in [-0.3, -0.25) is 4.79 Å². The molecule has 0 N–H and O–H groups in total. The van der Waals surface area contributed by atoms with Crippen molar-refractivity contribution in [3.05, 3.63) is 5.53 Å². The molecule has 0 aromatic heterocycles. The summed E-state index contributed by atoms with van der Waals surface area (Å²) in [6, 6.07) is 1.53. The predicted octanol–water partition coefficient (Wildman–Crippen LogP) is -0.256. The first kappa shape index (κ1) is 8.34. The molecule has 0 radical (unpaired) electrons. The summed E-state index contributed by atoms with van der Waals surface area (Å²) >= 11 is 0. The van der Waals surface area contributed by atoms with Crippen molar-refractivity contribution in [2.45, 2.75) is 6.92 Å². The van der Waals surface area contributed by atoms with E-state index in [4.69, 9.17) is 10.8 Å². The molecule has 0 aliphatic rings. The van der Waals surface area contributed by atoms with Crippen LogP contribution in [-0.4, -0.2) is 23.1 Å². The van der Waals surface area contributed by atoms with Gasteiger partial charge in [0.15, 0.2) is 6.07 Å². The van der Waals surface area contributed by atoms with Gasteiger partial charge in [0, 0.05) is 6.92 Å². The molecule has 5 heteroatoms. The highest BCUT2D eigenvalue weighted by atomic mass is 16.5. The number of esters is 1. The molecule has 0 aromatic carbocycles. The molecule has 10 heavy (non-hydrogen) atoms. The number of nitriles is 1. The van der Waals surface area contributed by atoms with Crippen molar-refractivity contribution in [2.24, 2.45) is 0 Å². The number of nitrogens with zero attached hydrogens (tertiary/aromatic N) is 3. The van der Waals surface area contributed by atoms with Crippen molar-refractivity contribution in [2.75, 3.05) is 6.61 Å². The van der Waals surface area contributed by atoms with Crippen LogP contribution in [-0.2, 0) is 9.53 Å². The van der Waals surface area contributed by atoms with Crippen molar-refractivity contribution in [3.8, 4) is 6.07 Å². The maximum Gasteiger partial charge on any atom is 0.404 e. The Balaban J connectivity index is 3.82. The number of ether oxygens (including phenoxy) is 1. The number of rotatable bonds is 2. The van der Waals surface area contributed by atoms with E-state index in [1.54, 1.807) is 0 Å². The summed E-state index contributed by atoms with van der Waals surface area (Å²) in [5.41, 5.74) is 7.79. The Morgan fingerprint density at radius 1 is 1.90 bits per heavy atom. The maximum atomic E-state index is 10.1. The number of carbonyl (C=O) groups is 1. The van der Waals surface area contributed by atoms with Crippen LogP contribution in [0.25, 0.3) is 5.53 Å². The monoisotopic (exact) mass is 139 g/mol. The molecule has 0 amide bonds. The summed E-state index contributed by atoms with van der Waals surface area (Å²) in [5, 5.41) is 8.11. The zero-order valence-corrected chi connectivity index (χ0v) is 5.37. The van der Waals surface area contributed by atoms with Gasteiger partial charge in [-0.25, -0.2) is 0 Å². The van der Waals surface area contributed by atoms with Crippen LogP contribution < -0.4 is 0 Å². The first-order valence-corrected chi connectivity index (χ1v) is 2.45. The van der Waals surface area contributed by atoms with Crippen molar-refractivity contribution < 1.29 is 14.3 Å². The summed E-state index contributed by atoms with van der Waals surface area (Å²) < 4.78 is 4.33. The molecule has 5 nitrogen and oxygen atoms in total. The van der Waals surface area contributed by atoms with E-state index in [0.717, 1.165) is 0 Å². The highest BCUT2D eigenvalue weighted by Crippen LogP contribution is 1.76. The number of carbonyl (C=O) groups excluding carboxylic acids is 1. The van der Waals surface area contributed by atoms with Gasteiger partial charge in [-0.2, -0.15) is 10.1 Å². The molecule has 52 valence electrons. The van der Waals surface area contributed by atoms with Crippen molar-refractivity contribution >= 4 is 11.7 Å². The van der Waals surface area contributed by atoms with E-state index in [0.29, 0.717) is 0 Å². The van der Waals surface area contributed by atoms with Crippen LogP contribution in [0.2, 0.25) is 0 Å². The third-order valence-corrected chi connectivity index (χ3v) is 0.662. The fraction of sp³-hybridized carbons (Fsp3) is 0.400. The van der Waals surface area contributed by atoms with Crippen molar-refractivity contribution in [1.82, 2.24) is 0 Å². The van der Waals surface area contributed by atoms with Crippen LogP contribution in [0, 0.1) is 11.3 Å². The third kappa shape index (κ3) is 3.36. The Hall–Kier alpha value is -1.66. The first-order valence-electron chi connectivity index (χ1n) is 2.45. The zero-order valence-electron chi connectivity index (χ0n) is 5.37. The van der Waals surface area contributed by atoms with Gasteiger partial charge in [0.25, 0.3) is 0 Å². The second-order valence-electron chi connectivity index (χ2n) is 1.44. The van der Waals surface area contributed by atoms with Crippen LogP contribution >= 0.6 is 0 Å². The summed E-state index contributed by atoms with van der Waals surface area (Å²) in [6.45, 7) is 0.925. The fourth-order valence-electron chi connectivity index (χ4n) is 0.253. The van der Waals surface area contributed by atoms with Crippen LogP contribution in [0.4, 0.5) is 0 Å². The molecule has 0 aromatic rings. The van der Waals surface area contributed by atoms with Crippen molar-refractivity contribution in [1.29, 1.82) is 5.26 Å². The quantitative estimate of drug-likeness (QED) is 0.228. The Bertz CT molecular complexity index is 222. The van der Waals surface area contributed by atoms with Crippen LogP contribution in [0.3, 0.4) is 0 Å². The molecule has 0 aliphatic carbocycles. The summed E-state index contributed by atoms with van der Waals surface area (Å²) in [4.78, 5) is 12.7. The zero-order chi connectivity index (χ0) is 7.98. The molecule has 0 fully saturated rings. The van der Waals surface area contributed by atoms with Gasteiger partial charge in [-0.1, -0.05) is 0 Å². The van der Waals surface area contributed by atoms with Gasteiger partial charge in [-0.15, -0.1) is 0 Å². The SMILES string of the molecule is CC(=O)OCC(C#N)=[N+]=[N-]. The third-order valence-electron chi connectivity index (χ3n) is 0.662. The minimum atomic E-state index is -0.517. The molecule has 0 saturated carbocycles. The van der Waals surface area contributed by atoms with E-state index >= 15 is 0 Å². The van der Waals surface area contributed by atoms with Gasteiger partial charge in [0.2, 0.25) is 6.61 Å². The minimum absolute atomic E-state index is 0.227. The average molecular weight is 139 g/mol. The largest absolute Gasteiger partial charge is 0.452 e. The van der Waals surface area contributed by atoms with E-state index < -0.39 is 5.97 Å². The highest BCUT2D eigenvalue weighted by Gasteiger charge is 2.06. The van der Waals surface area contributed by atoms with Crippen LogP contribution in [0.1, 0.15) is 6.92 Å². The molecule has 0 bridgehead atoms. The molecule has 0 aliphatic heterocycles. The lowest BCUT2D eigenvalue weighted by Crippen LogP contribution is -2.10. The first-order chi connectivity index (χ1) is 4.70. The van der Waals surface area contributed by atoms with E-state index in [9.17, 15) is 4.79 Å². The lowest BCUT2D eigenvalue weighted by Gasteiger charge is -1.90. The van der Waals surface area contributed by atoms with Gasteiger partial charge >= 0.3 is 11.7 Å². The van der Waals surface area contributed by atoms with Gasteiger partial charge < -0.3 is 10.3 Å². The topological polar surface area (TPSA) is 86.5 Å². The van der Waals surface area contributed by atoms with E-state index in [1.165, 1.54) is 13.0 Å². The molecule has 0 rings (SSSR count). The van der Waals surface area contributed by atoms with Crippen LogP contribution in [0.15, 0.2) is 0 Å². The Morgan fingerprint density at radius 2 is 2.50 bits per heavy atom. The number of hydrogen-bond donors (Lipinski definition) is 0. The molecule has 0 saturated heterocycles. The lowest BCUT2D eigenvalue weighted by molar-refractivity contribution is -0.140.